The summed E-state index contributed by atoms with van der Waals surface area (Å²) in [7, 11) is -3.56. The van der Waals surface area contributed by atoms with E-state index in [0.29, 0.717) is 11.1 Å². The first-order valence-corrected chi connectivity index (χ1v) is 10.2. The van der Waals surface area contributed by atoms with Crippen molar-refractivity contribution >= 4 is 54.4 Å². The lowest BCUT2D eigenvalue weighted by Gasteiger charge is -2.05. The molecule has 1 aliphatic heterocycles. The Balaban J connectivity index is 1.62. The minimum absolute atomic E-state index is 0.181. The normalized spacial score (nSPS) is 15.3. The molecule has 0 atom stereocenters. The summed E-state index contributed by atoms with van der Waals surface area (Å²) in [5.41, 5.74) is 6.07. The van der Waals surface area contributed by atoms with Crippen LogP contribution in [0.2, 0.25) is 0 Å². The number of primary sulfonamides is 1. The van der Waals surface area contributed by atoms with E-state index in [1.165, 1.54) is 11.3 Å². The van der Waals surface area contributed by atoms with Gasteiger partial charge in [0.1, 0.15) is 0 Å². The third-order valence-electron chi connectivity index (χ3n) is 3.97. The van der Waals surface area contributed by atoms with Crippen LogP contribution in [0.4, 0.5) is 11.4 Å². The summed E-state index contributed by atoms with van der Waals surface area (Å²) in [5.74, 6) is -0.396. The number of carbonyl (C=O) groups is 1. The Morgan fingerprint density at radius 2 is 1.96 bits per heavy atom. The van der Waals surface area contributed by atoms with E-state index in [0.717, 1.165) is 27.2 Å². The van der Waals surface area contributed by atoms with Gasteiger partial charge in [-0.25, -0.2) is 18.5 Å². The van der Waals surface area contributed by atoms with Crippen LogP contribution >= 0.6 is 11.3 Å². The summed E-state index contributed by atoms with van der Waals surface area (Å²) in [6, 6.07) is 10.5. The molecule has 7 nitrogen and oxygen atoms in total. The van der Waals surface area contributed by atoms with E-state index in [1.54, 1.807) is 36.0 Å². The number of hydrogen-bond donors (Lipinski definition) is 3. The summed E-state index contributed by atoms with van der Waals surface area (Å²) in [6.45, 7) is 0. The summed E-state index contributed by atoms with van der Waals surface area (Å²) in [5, 5.41) is 11.0. The fourth-order valence-corrected chi connectivity index (χ4v) is 4.33. The molecule has 3 aromatic rings. The first-order chi connectivity index (χ1) is 12.4. The van der Waals surface area contributed by atoms with E-state index >= 15 is 0 Å². The van der Waals surface area contributed by atoms with Gasteiger partial charge in [-0.15, -0.1) is 11.3 Å². The van der Waals surface area contributed by atoms with Crippen LogP contribution in [-0.2, 0) is 20.6 Å². The van der Waals surface area contributed by atoms with Crippen molar-refractivity contribution in [1.82, 2.24) is 4.98 Å². The Morgan fingerprint density at radius 1 is 1.19 bits per heavy atom. The topological polar surface area (TPSA) is 114 Å². The third-order valence-corrected chi connectivity index (χ3v) is 5.56. The third kappa shape index (κ3) is 3.19. The van der Waals surface area contributed by atoms with Gasteiger partial charge in [-0.05, 0) is 29.8 Å². The van der Waals surface area contributed by atoms with E-state index in [2.05, 4.69) is 15.6 Å². The van der Waals surface area contributed by atoms with E-state index in [9.17, 15) is 13.2 Å². The zero-order chi connectivity index (χ0) is 18.3. The molecule has 4 N–H and O–H groups in total. The van der Waals surface area contributed by atoms with E-state index in [4.69, 9.17) is 5.14 Å². The maximum Gasteiger partial charge on any atom is 0.257 e. The quantitative estimate of drug-likeness (QED) is 0.596. The lowest BCUT2D eigenvalue weighted by atomic mass is 10.1. The van der Waals surface area contributed by atoms with Gasteiger partial charge in [0.2, 0.25) is 10.0 Å². The van der Waals surface area contributed by atoms with Gasteiger partial charge in [-0.3, -0.25) is 4.79 Å². The first kappa shape index (κ1) is 16.7. The molecule has 0 bridgehead atoms. The molecule has 0 unspecified atom stereocenters. The molecular formula is C17H14N4O3S2. The maximum atomic E-state index is 12.3. The molecule has 0 fully saturated rings. The zero-order valence-electron chi connectivity index (χ0n) is 13.4. The Morgan fingerprint density at radius 3 is 2.69 bits per heavy atom. The minimum Gasteiger partial charge on any atom is -0.361 e. The van der Waals surface area contributed by atoms with E-state index < -0.39 is 10.0 Å². The lowest BCUT2D eigenvalue weighted by molar-refractivity contribution is -0.110. The number of amides is 1. The smallest absolute Gasteiger partial charge is 0.257 e. The molecule has 0 aliphatic carbocycles. The van der Waals surface area contributed by atoms with Crippen LogP contribution in [0.1, 0.15) is 11.1 Å². The monoisotopic (exact) mass is 386 g/mol. The highest BCUT2D eigenvalue weighted by molar-refractivity contribution is 7.88. The predicted molar refractivity (Wildman–Crippen MR) is 103 cm³/mol. The van der Waals surface area contributed by atoms with Crippen LogP contribution < -0.4 is 15.8 Å². The Hall–Kier alpha value is -2.75. The molecule has 0 spiro atoms. The number of nitrogens with one attached hydrogen (secondary N) is 2. The second-order valence-electron chi connectivity index (χ2n) is 5.85. The molecule has 1 amide bonds. The van der Waals surface area contributed by atoms with Crippen molar-refractivity contribution in [3.8, 4) is 0 Å². The number of rotatable bonds is 4. The molecule has 0 saturated heterocycles. The van der Waals surface area contributed by atoms with Gasteiger partial charge in [-0.2, -0.15) is 0 Å². The highest BCUT2D eigenvalue weighted by Crippen LogP contribution is 2.39. The number of sulfonamides is 1. The highest BCUT2D eigenvalue weighted by atomic mass is 32.2. The van der Waals surface area contributed by atoms with Crippen LogP contribution in [0.15, 0.2) is 48.1 Å². The average Bonchev–Trinajstić information content (AvgIpc) is 3.16. The van der Waals surface area contributed by atoms with Crippen LogP contribution in [-0.4, -0.2) is 19.3 Å². The maximum absolute atomic E-state index is 12.3. The largest absolute Gasteiger partial charge is 0.361 e. The molecule has 1 aromatic heterocycles. The number of nitrogens with zero attached hydrogens (tertiary/aromatic N) is 1. The zero-order valence-corrected chi connectivity index (χ0v) is 15.0. The Kier molecular flexibility index (Phi) is 3.98. The van der Waals surface area contributed by atoms with Gasteiger partial charge in [0, 0.05) is 17.5 Å². The van der Waals surface area contributed by atoms with Gasteiger partial charge in [0.25, 0.3) is 5.91 Å². The number of thiazole rings is 1. The number of anilines is 2. The van der Waals surface area contributed by atoms with Crippen molar-refractivity contribution < 1.29 is 13.2 Å². The molecule has 2 aromatic carbocycles. The fourth-order valence-electron chi connectivity index (χ4n) is 2.83. The van der Waals surface area contributed by atoms with Crippen molar-refractivity contribution in [2.45, 2.75) is 5.75 Å². The van der Waals surface area contributed by atoms with Crippen molar-refractivity contribution in [2.24, 2.45) is 5.14 Å². The van der Waals surface area contributed by atoms with Gasteiger partial charge in [-0.1, -0.05) is 12.1 Å². The standard InChI is InChI=1S/C17H14N4O3S2/c18-26(23,24)8-10-1-3-11(4-2-10)19-7-12-15-13(21-17(12)22)5-6-14-16(15)25-9-20-14/h1-7,9,19H,8H2,(H,21,22)(H2,18,23,24). The summed E-state index contributed by atoms with van der Waals surface area (Å²) in [4.78, 5) is 16.6. The number of hydrogen-bond acceptors (Lipinski definition) is 6. The molecule has 0 saturated carbocycles. The van der Waals surface area contributed by atoms with Gasteiger partial charge < -0.3 is 10.6 Å². The Bertz CT molecular complexity index is 1150. The second-order valence-corrected chi connectivity index (χ2v) is 8.32. The van der Waals surface area contributed by atoms with Crippen LogP contribution in [0.3, 0.4) is 0 Å². The van der Waals surface area contributed by atoms with Crippen molar-refractivity contribution in [3.63, 3.8) is 0 Å². The molecule has 1 aliphatic rings. The molecule has 0 radical (unpaired) electrons. The van der Waals surface area contributed by atoms with Gasteiger partial charge in [0.15, 0.2) is 0 Å². The summed E-state index contributed by atoms with van der Waals surface area (Å²) < 4.78 is 23.2. The summed E-state index contributed by atoms with van der Waals surface area (Å²) in [6.07, 6.45) is 1.65. The first-order valence-electron chi connectivity index (χ1n) is 7.65. The number of nitrogens with two attached hydrogens (primary N) is 1. The Labute approximate surface area is 153 Å². The van der Waals surface area contributed by atoms with Crippen molar-refractivity contribution in [2.75, 3.05) is 10.6 Å². The number of benzene rings is 2. The van der Waals surface area contributed by atoms with Gasteiger partial charge in [0.05, 0.1) is 32.7 Å². The lowest BCUT2D eigenvalue weighted by Crippen LogP contribution is -2.14. The van der Waals surface area contributed by atoms with Crippen LogP contribution in [0, 0.1) is 0 Å². The molecule has 4 rings (SSSR count). The number of aromatic nitrogens is 1. The molecule has 132 valence electrons. The van der Waals surface area contributed by atoms with E-state index in [1.807, 2.05) is 12.1 Å². The molecule has 2 heterocycles. The van der Waals surface area contributed by atoms with Gasteiger partial charge >= 0.3 is 0 Å². The predicted octanol–water partition coefficient (Wildman–Crippen LogP) is 2.49. The van der Waals surface area contributed by atoms with Crippen LogP contribution in [0.5, 0.6) is 0 Å². The average molecular weight is 386 g/mol. The molecule has 26 heavy (non-hydrogen) atoms. The summed E-state index contributed by atoms with van der Waals surface area (Å²) >= 11 is 1.49. The molecular weight excluding hydrogens is 372 g/mol. The minimum atomic E-state index is -3.56. The SMILES string of the molecule is NS(=O)(=O)Cc1ccc(NC=C2C(=O)Nc3ccc4ncsc4c32)cc1. The number of carbonyl (C=O) groups excluding carboxylic acids is 1. The highest BCUT2D eigenvalue weighted by Gasteiger charge is 2.27. The molecule has 9 heteroatoms. The van der Waals surface area contributed by atoms with Crippen LogP contribution in [0.25, 0.3) is 15.8 Å². The second kappa shape index (κ2) is 6.20. The van der Waals surface area contributed by atoms with Crippen molar-refractivity contribution in [3.05, 3.63) is 59.2 Å². The van der Waals surface area contributed by atoms with E-state index in [-0.39, 0.29) is 11.7 Å². The fraction of sp³-hybridized carbons (Fsp3) is 0.0588. The number of fused-ring (bicyclic) bond motifs is 3. The van der Waals surface area contributed by atoms with Crippen molar-refractivity contribution in [1.29, 1.82) is 0 Å².